The van der Waals surface area contributed by atoms with Crippen LogP contribution in [0.5, 0.6) is 0 Å². The van der Waals surface area contributed by atoms with Gasteiger partial charge < -0.3 is 10.3 Å². The van der Waals surface area contributed by atoms with Crippen molar-refractivity contribution in [3.63, 3.8) is 0 Å². The Morgan fingerprint density at radius 1 is 1.12 bits per heavy atom. The first-order valence-corrected chi connectivity index (χ1v) is 5.65. The first-order chi connectivity index (χ1) is 7.72. The Labute approximate surface area is 96.7 Å². The van der Waals surface area contributed by atoms with Gasteiger partial charge in [0.25, 0.3) is 0 Å². The largest absolute Gasteiger partial charge is 0.344 e. The SMILES string of the molecule is Cc1cccc(-c2ccc(C)n2CCN)c1. The van der Waals surface area contributed by atoms with E-state index in [2.05, 4.69) is 54.8 Å². The summed E-state index contributed by atoms with van der Waals surface area (Å²) in [6.45, 7) is 5.79. The van der Waals surface area contributed by atoms with Gasteiger partial charge in [-0.25, -0.2) is 0 Å². The third-order valence-electron chi connectivity index (χ3n) is 2.87. The third-order valence-corrected chi connectivity index (χ3v) is 2.87. The Bertz CT molecular complexity index is 483. The minimum absolute atomic E-state index is 0.675. The highest BCUT2D eigenvalue weighted by Crippen LogP contribution is 2.23. The topological polar surface area (TPSA) is 30.9 Å². The normalized spacial score (nSPS) is 10.7. The number of aryl methyl sites for hydroxylation is 2. The highest BCUT2D eigenvalue weighted by Gasteiger charge is 2.06. The molecule has 2 rings (SSSR count). The lowest BCUT2D eigenvalue weighted by Crippen LogP contribution is -2.11. The molecule has 1 aromatic heterocycles. The second kappa shape index (κ2) is 4.54. The van der Waals surface area contributed by atoms with Crippen LogP contribution in [-0.2, 0) is 6.54 Å². The molecular formula is C14H18N2. The standard InChI is InChI=1S/C14H18N2/c1-11-4-3-5-13(10-11)14-7-6-12(2)16(14)9-8-15/h3-7,10H,8-9,15H2,1-2H3. The van der Waals surface area contributed by atoms with Crippen LogP contribution in [0.3, 0.4) is 0 Å². The molecule has 0 spiro atoms. The summed E-state index contributed by atoms with van der Waals surface area (Å²) in [5, 5.41) is 0. The molecule has 2 N–H and O–H groups in total. The summed E-state index contributed by atoms with van der Waals surface area (Å²) in [5.74, 6) is 0. The zero-order chi connectivity index (χ0) is 11.5. The second-order valence-corrected chi connectivity index (χ2v) is 4.17. The van der Waals surface area contributed by atoms with Gasteiger partial charge in [0.15, 0.2) is 0 Å². The minimum atomic E-state index is 0.675. The molecule has 0 aliphatic rings. The van der Waals surface area contributed by atoms with Crippen molar-refractivity contribution in [1.29, 1.82) is 0 Å². The van der Waals surface area contributed by atoms with Crippen molar-refractivity contribution in [3.05, 3.63) is 47.7 Å². The van der Waals surface area contributed by atoms with Crippen LogP contribution < -0.4 is 5.73 Å². The lowest BCUT2D eigenvalue weighted by molar-refractivity contribution is 0.700. The molecule has 2 aromatic rings. The van der Waals surface area contributed by atoms with Crippen LogP contribution in [0.4, 0.5) is 0 Å². The molecule has 0 unspecified atom stereocenters. The monoisotopic (exact) mass is 214 g/mol. The Hall–Kier alpha value is -1.54. The quantitative estimate of drug-likeness (QED) is 0.836. The predicted octanol–water partition coefficient (Wildman–Crippen LogP) is 2.73. The van der Waals surface area contributed by atoms with E-state index in [9.17, 15) is 0 Å². The van der Waals surface area contributed by atoms with E-state index in [-0.39, 0.29) is 0 Å². The molecule has 0 saturated heterocycles. The van der Waals surface area contributed by atoms with Gasteiger partial charge in [-0.2, -0.15) is 0 Å². The summed E-state index contributed by atoms with van der Waals surface area (Å²) in [4.78, 5) is 0. The fourth-order valence-corrected chi connectivity index (χ4v) is 2.05. The van der Waals surface area contributed by atoms with Crippen LogP contribution in [0.25, 0.3) is 11.3 Å². The molecule has 1 heterocycles. The van der Waals surface area contributed by atoms with Crippen LogP contribution in [0.15, 0.2) is 36.4 Å². The number of nitrogens with zero attached hydrogens (tertiary/aromatic N) is 1. The molecule has 0 bridgehead atoms. The van der Waals surface area contributed by atoms with Crippen molar-refractivity contribution in [3.8, 4) is 11.3 Å². The van der Waals surface area contributed by atoms with Crippen molar-refractivity contribution in [2.24, 2.45) is 5.73 Å². The van der Waals surface area contributed by atoms with Gasteiger partial charge in [0, 0.05) is 24.5 Å². The zero-order valence-corrected chi connectivity index (χ0v) is 9.90. The predicted molar refractivity (Wildman–Crippen MR) is 68.4 cm³/mol. The van der Waals surface area contributed by atoms with Gasteiger partial charge in [-0.05, 0) is 37.6 Å². The number of rotatable bonds is 3. The average molecular weight is 214 g/mol. The van der Waals surface area contributed by atoms with E-state index < -0.39 is 0 Å². The van der Waals surface area contributed by atoms with E-state index >= 15 is 0 Å². The molecule has 0 fully saturated rings. The smallest absolute Gasteiger partial charge is 0.0482 e. The van der Waals surface area contributed by atoms with Crippen LogP contribution in [0.2, 0.25) is 0 Å². The van der Waals surface area contributed by atoms with Gasteiger partial charge >= 0.3 is 0 Å². The van der Waals surface area contributed by atoms with Gasteiger partial charge in [0.2, 0.25) is 0 Å². The van der Waals surface area contributed by atoms with E-state index in [0.717, 1.165) is 6.54 Å². The van der Waals surface area contributed by atoms with Gasteiger partial charge in [0.1, 0.15) is 0 Å². The van der Waals surface area contributed by atoms with Crippen molar-refractivity contribution >= 4 is 0 Å². The summed E-state index contributed by atoms with van der Waals surface area (Å²) in [7, 11) is 0. The fourth-order valence-electron chi connectivity index (χ4n) is 2.05. The van der Waals surface area contributed by atoms with Crippen LogP contribution in [0.1, 0.15) is 11.3 Å². The number of nitrogens with two attached hydrogens (primary N) is 1. The van der Waals surface area contributed by atoms with Crippen molar-refractivity contribution in [2.45, 2.75) is 20.4 Å². The first-order valence-electron chi connectivity index (χ1n) is 5.65. The van der Waals surface area contributed by atoms with E-state index in [4.69, 9.17) is 5.73 Å². The summed E-state index contributed by atoms with van der Waals surface area (Å²) >= 11 is 0. The Balaban J connectivity index is 2.47. The van der Waals surface area contributed by atoms with Crippen molar-refractivity contribution < 1.29 is 0 Å². The van der Waals surface area contributed by atoms with Crippen LogP contribution >= 0.6 is 0 Å². The second-order valence-electron chi connectivity index (χ2n) is 4.17. The maximum atomic E-state index is 5.64. The Kier molecular flexibility index (Phi) is 3.11. The lowest BCUT2D eigenvalue weighted by atomic mass is 10.1. The molecule has 0 amide bonds. The summed E-state index contributed by atoms with van der Waals surface area (Å²) in [5.41, 5.74) is 10.7. The molecule has 0 radical (unpaired) electrons. The van der Waals surface area contributed by atoms with E-state index in [1.165, 1.54) is 22.5 Å². The van der Waals surface area contributed by atoms with Gasteiger partial charge in [-0.15, -0.1) is 0 Å². The number of hydrogen-bond donors (Lipinski definition) is 1. The maximum Gasteiger partial charge on any atom is 0.0482 e. The fraction of sp³-hybridized carbons (Fsp3) is 0.286. The van der Waals surface area contributed by atoms with Crippen LogP contribution in [-0.4, -0.2) is 11.1 Å². The van der Waals surface area contributed by atoms with Gasteiger partial charge in [-0.1, -0.05) is 23.8 Å². The molecule has 2 heteroatoms. The molecular weight excluding hydrogens is 196 g/mol. The number of hydrogen-bond acceptors (Lipinski definition) is 1. The molecule has 0 aliphatic heterocycles. The van der Waals surface area contributed by atoms with Gasteiger partial charge in [0.05, 0.1) is 0 Å². The summed E-state index contributed by atoms with van der Waals surface area (Å²) in [6, 6.07) is 12.9. The Morgan fingerprint density at radius 2 is 1.94 bits per heavy atom. The average Bonchev–Trinajstić information content (AvgIpc) is 2.61. The molecule has 0 atom stereocenters. The maximum absolute atomic E-state index is 5.64. The zero-order valence-electron chi connectivity index (χ0n) is 9.90. The minimum Gasteiger partial charge on any atom is -0.344 e. The van der Waals surface area contributed by atoms with E-state index in [1.807, 2.05) is 0 Å². The summed E-state index contributed by atoms with van der Waals surface area (Å²) in [6.07, 6.45) is 0. The van der Waals surface area contributed by atoms with Crippen molar-refractivity contribution in [2.75, 3.05) is 6.54 Å². The third kappa shape index (κ3) is 2.02. The molecule has 84 valence electrons. The molecule has 1 aromatic carbocycles. The van der Waals surface area contributed by atoms with E-state index in [1.54, 1.807) is 0 Å². The lowest BCUT2D eigenvalue weighted by Gasteiger charge is -2.10. The summed E-state index contributed by atoms with van der Waals surface area (Å²) < 4.78 is 2.27. The van der Waals surface area contributed by atoms with Gasteiger partial charge in [-0.3, -0.25) is 0 Å². The Morgan fingerprint density at radius 3 is 2.62 bits per heavy atom. The number of aromatic nitrogens is 1. The highest BCUT2D eigenvalue weighted by molar-refractivity contribution is 5.61. The highest BCUT2D eigenvalue weighted by atomic mass is 15.0. The molecule has 2 nitrogen and oxygen atoms in total. The van der Waals surface area contributed by atoms with Crippen molar-refractivity contribution in [1.82, 2.24) is 4.57 Å². The van der Waals surface area contributed by atoms with E-state index in [0.29, 0.717) is 6.54 Å². The first kappa shape index (κ1) is 11.0. The molecule has 0 saturated carbocycles. The molecule has 16 heavy (non-hydrogen) atoms. The molecule has 0 aliphatic carbocycles. The van der Waals surface area contributed by atoms with Crippen LogP contribution in [0, 0.1) is 13.8 Å². The number of benzene rings is 1.